The molecule has 0 bridgehead atoms. The van der Waals surface area contributed by atoms with E-state index in [4.69, 9.17) is 9.47 Å². The van der Waals surface area contributed by atoms with Gasteiger partial charge in [0.1, 0.15) is 0 Å². The fourth-order valence-corrected chi connectivity index (χ4v) is 2.90. The first-order valence-electron chi connectivity index (χ1n) is 10.1. The van der Waals surface area contributed by atoms with Crippen molar-refractivity contribution in [2.75, 3.05) is 13.2 Å². The highest BCUT2D eigenvalue weighted by Gasteiger charge is 2.13. The van der Waals surface area contributed by atoms with Gasteiger partial charge in [-0.2, -0.15) is 0 Å². The summed E-state index contributed by atoms with van der Waals surface area (Å²) in [6.45, 7) is 4.00. The third-order valence-electron chi connectivity index (χ3n) is 4.42. The molecule has 0 spiro atoms. The molecule has 1 rings (SSSR count). The molecule has 1 heterocycles. The summed E-state index contributed by atoms with van der Waals surface area (Å²) >= 11 is 0. The van der Waals surface area contributed by atoms with Crippen LogP contribution in [0, 0.1) is 11.8 Å². The Kier molecular flexibility index (Phi) is 14.6. The molecule has 0 amide bonds. The van der Waals surface area contributed by atoms with Crippen molar-refractivity contribution in [1.82, 2.24) is 0 Å². The zero-order valence-electron chi connectivity index (χ0n) is 15.4. The predicted molar refractivity (Wildman–Crippen MR) is 98.4 cm³/mol. The molecule has 0 radical (unpaired) electrons. The van der Waals surface area contributed by atoms with Crippen molar-refractivity contribution in [2.24, 2.45) is 0 Å². The van der Waals surface area contributed by atoms with E-state index in [0.29, 0.717) is 0 Å². The molecule has 1 atom stereocenters. The van der Waals surface area contributed by atoms with Gasteiger partial charge in [0, 0.05) is 26.1 Å². The zero-order chi connectivity index (χ0) is 16.4. The monoisotopic (exact) mass is 322 g/mol. The van der Waals surface area contributed by atoms with Crippen LogP contribution in [-0.4, -0.2) is 19.5 Å². The van der Waals surface area contributed by atoms with Gasteiger partial charge in [0.05, 0.1) is 0 Å². The lowest BCUT2D eigenvalue weighted by Crippen LogP contribution is -2.22. The molecule has 1 aliphatic rings. The maximum Gasteiger partial charge on any atom is 0.157 e. The van der Waals surface area contributed by atoms with Gasteiger partial charge in [0.25, 0.3) is 0 Å². The minimum atomic E-state index is 0.0843. The summed E-state index contributed by atoms with van der Waals surface area (Å²) in [7, 11) is 0. The maximum atomic E-state index is 5.75. The number of hydrogen-bond acceptors (Lipinski definition) is 2. The van der Waals surface area contributed by atoms with E-state index >= 15 is 0 Å². The van der Waals surface area contributed by atoms with Crippen LogP contribution in [0.2, 0.25) is 0 Å². The average Bonchev–Trinajstić information content (AvgIpc) is 2.59. The van der Waals surface area contributed by atoms with Crippen LogP contribution in [0.25, 0.3) is 0 Å². The third kappa shape index (κ3) is 13.6. The van der Waals surface area contributed by atoms with Gasteiger partial charge in [-0.25, -0.2) is 0 Å². The van der Waals surface area contributed by atoms with Crippen molar-refractivity contribution in [3.63, 3.8) is 0 Å². The summed E-state index contributed by atoms with van der Waals surface area (Å²) in [6.07, 6.45) is 18.9. The molecule has 2 nitrogen and oxygen atoms in total. The van der Waals surface area contributed by atoms with Gasteiger partial charge in [0.15, 0.2) is 6.29 Å². The van der Waals surface area contributed by atoms with E-state index in [1.807, 2.05) is 0 Å². The Morgan fingerprint density at radius 1 is 0.826 bits per heavy atom. The Morgan fingerprint density at radius 3 is 2.13 bits per heavy atom. The van der Waals surface area contributed by atoms with Gasteiger partial charge < -0.3 is 9.47 Å². The SMILES string of the molecule is CCCCCCCC#CCCCCCCCOC1CCCCO1. The van der Waals surface area contributed by atoms with E-state index in [2.05, 4.69) is 18.8 Å². The van der Waals surface area contributed by atoms with Gasteiger partial charge in [-0.05, 0) is 38.5 Å². The van der Waals surface area contributed by atoms with Crippen LogP contribution in [0.3, 0.4) is 0 Å². The molecular weight excluding hydrogens is 284 g/mol. The average molecular weight is 323 g/mol. The van der Waals surface area contributed by atoms with Crippen molar-refractivity contribution in [2.45, 2.75) is 110 Å². The maximum absolute atomic E-state index is 5.75. The molecule has 134 valence electrons. The van der Waals surface area contributed by atoms with E-state index in [1.165, 1.54) is 77.0 Å². The lowest BCUT2D eigenvalue weighted by Gasteiger charge is -2.22. The number of hydrogen-bond donors (Lipinski definition) is 0. The van der Waals surface area contributed by atoms with Gasteiger partial charge in [-0.1, -0.05) is 51.9 Å². The van der Waals surface area contributed by atoms with Crippen LogP contribution in [-0.2, 0) is 9.47 Å². The molecular formula is C21H38O2. The molecule has 0 aromatic heterocycles. The minimum absolute atomic E-state index is 0.0843. The summed E-state index contributed by atoms with van der Waals surface area (Å²) < 4.78 is 11.3. The van der Waals surface area contributed by atoms with Crippen molar-refractivity contribution < 1.29 is 9.47 Å². The van der Waals surface area contributed by atoms with Crippen molar-refractivity contribution in [1.29, 1.82) is 0 Å². The van der Waals surface area contributed by atoms with Crippen molar-refractivity contribution in [3.05, 3.63) is 0 Å². The Labute approximate surface area is 144 Å². The third-order valence-corrected chi connectivity index (χ3v) is 4.42. The molecule has 1 saturated heterocycles. The van der Waals surface area contributed by atoms with Crippen LogP contribution in [0.4, 0.5) is 0 Å². The fraction of sp³-hybridized carbons (Fsp3) is 0.905. The second-order valence-corrected chi connectivity index (χ2v) is 6.70. The molecule has 0 aromatic rings. The van der Waals surface area contributed by atoms with Gasteiger partial charge >= 0.3 is 0 Å². The Balaban J connectivity index is 1.74. The molecule has 0 N–H and O–H groups in total. The molecule has 1 unspecified atom stereocenters. The summed E-state index contributed by atoms with van der Waals surface area (Å²) in [5.74, 6) is 6.66. The minimum Gasteiger partial charge on any atom is -0.353 e. The summed E-state index contributed by atoms with van der Waals surface area (Å²) in [5, 5.41) is 0. The van der Waals surface area contributed by atoms with Crippen LogP contribution in [0.1, 0.15) is 103 Å². The summed E-state index contributed by atoms with van der Waals surface area (Å²) in [4.78, 5) is 0. The lowest BCUT2D eigenvalue weighted by molar-refractivity contribution is -0.162. The highest BCUT2D eigenvalue weighted by molar-refractivity contribution is 4.98. The predicted octanol–water partition coefficient (Wildman–Crippen LogP) is 6.23. The summed E-state index contributed by atoms with van der Waals surface area (Å²) in [6, 6.07) is 0. The Hall–Kier alpha value is -0.520. The fourth-order valence-electron chi connectivity index (χ4n) is 2.90. The van der Waals surface area contributed by atoms with E-state index < -0.39 is 0 Å². The van der Waals surface area contributed by atoms with E-state index in [9.17, 15) is 0 Å². The first-order valence-corrected chi connectivity index (χ1v) is 10.1. The second-order valence-electron chi connectivity index (χ2n) is 6.70. The van der Waals surface area contributed by atoms with Crippen molar-refractivity contribution in [3.8, 4) is 11.8 Å². The highest BCUT2D eigenvalue weighted by atomic mass is 16.7. The normalized spacial score (nSPS) is 17.7. The molecule has 23 heavy (non-hydrogen) atoms. The van der Waals surface area contributed by atoms with Gasteiger partial charge in [-0.15, -0.1) is 11.8 Å². The highest BCUT2D eigenvalue weighted by Crippen LogP contribution is 2.14. The van der Waals surface area contributed by atoms with E-state index in [-0.39, 0.29) is 6.29 Å². The number of rotatable bonds is 13. The molecule has 0 aliphatic carbocycles. The van der Waals surface area contributed by atoms with Gasteiger partial charge in [-0.3, -0.25) is 0 Å². The number of unbranched alkanes of at least 4 members (excludes halogenated alkanes) is 10. The second kappa shape index (κ2) is 16.3. The first-order chi connectivity index (χ1) is 11.4. The molecule has 0 aromatic carbocycles. The zero-order valence-corrected chi connectivity index (χ0v) is 15.4. The van der Waals surface area contributed by atoms with E-state index in [1.54, 1.807) is 0 Å². The van der Waals surface area contributed by atoms with Crippen LogP contribution in [0.15, 0.2) is 0 Å². The molecule has 2 heteroatoms. The summed E-state index contributed by atoms with van der Waals surface area (Å²) in [5.41, 5.74) is 0. The molecule has 1 aliphatic heterocycles. The van der Waals surface area contributed by atoms with E-state index in [0.717, 1.165) is 32.5 Å². The topological polar surface area (TPSA) is 18.5 Å². The van der Waals surface area contributed by atoms with Crippen LogP contribution in [0.5, 0.6) is 0 Å². The van der Waals surface area contributed by atoms with Crippen LogP contribution >= 0.6 is 0 Å². The molecule has 1 fully saturated rings. The number of ether oxygens (including phenoxy) is 2. The Bertz CT molecular complexity index is 297. The van der Waals surface area contributed by atoms with Crippen LogP contribution < -0.4 is 0 Å². The van der Waals surface area contributed by atoms with Crippen molar-refractivity contribution >= 4 is 0 Å². The largest absolute Gasteiger partial charge is 0.353 e. The standard InChI is InChI=1S/C21H38O2/c1-2-3-4-5-6-7-8-9-10-11-12-13-14-16-19-22-21-18-15-17-20-23-21/h21H,2-7,10-20H2,1H3. The lowest BCUT2D eigenvalue weighted by atomic mass is 10.1. The Morgan fingerprint density at radius 2 is 1.48 bits per heavy atom. The quantitative estimate of drug-likeness (QED) is 0.295. The smallest absolute Gasteiger partial charge is 0.157 e. The van der Waals surface area contributed by atoms with Gasteiger partial charge in [0.2, 0.25) is 0 Å². The molecule has 0 saturated carbocycles. The first kappa shape index (κ1) is 20.5.